The van der Waals surface area contributed by atoms with Crippen molar-refractivity contribution in [2.75, 3.05) is 19.7 Å². The van der Waals surface area contributed by atoms with Gasteiger partial charge in [0.15, 0.2) is 0 Å². The molecule has 2 rings (SSSR count). The van der Waals surface area contributed by atoms with Crippen LogP contribution in [0.25, 0.3) is 0 Å². The first-order valence-corrected chi connectivity index (χ1v) is 6.72. The minimum atomic E-state index is -0.0662. The Labute approximate surface area is 114 Å². The number of nitrogens with zero attached hydrogens (tertiary/aromatic N) is 1. The van der Waals surface area contributed by atoms with Crippen LogP contribution in [0.1, 0.15) is 28.4 Å². The number of carbonyl (C=O) groups excluding carboxylic acids is 1. The number of rotatable bonds is 2. The van der Waals surface area contributed by atoms with Crippen molar-refractivity contribution in [2.45, 2.75) is 32.9 Å². The number of hydrogen-bond acceptors (Lipinski definition) is 3. The lowest BCUT2D eigenvalue weighted by atomic mass is 10.0. The van der Waals surface area contributed by atoms with Crippen LogP contribution in [0.2, 0.25) is 0 Å². The standard InChI is InChI=1S/C15H22N2O2/c1-10-4-5-13(11(2)8-10)15(18)17-6-7-19-14(9-17)12(3)16/h4-5,8,12,14H,6-7,9,16H2,1-3H3. The molecule has 1 heterocycles. The van der Waals surface area contributed by atoms with Crippen molar-refractivity contribution >= 4 is 5.91 Å². The summed E-state index contributed by atoms with van der Waals surface area (Å²) in [4.78, 5) is 14.4. The molecule has 0 spiro atoms. The molecule has 1 amide bonds. The molecule has 2 atom stereocenters. The molecule has 0 radical (unpaired) electrons. The van der Waals surface area contributed by atoms with Gasteiger partial charge < -0.3 is 15.4 Å². The second-order valence-corrected chi connectivity index (χ2v) is 5.34. The molecule has 104 valence electrons. The van der Waals surface area contributed by atoms with Gasteiger partial charge in [0, 0.05) is 24.7 Å². The number of aryl methyl sites for hydroxylation is 2. The van der Waals surface area contributed by atoms with Crippen molar-refractivity contribution in [3.8, 4) is 0 Å². The zero-order valence-corrected chi connectivity index (χ0v) is 11.8. The molecule has 4 heteroatoms. The summed E-state index contributed by atoms with van der Waals surface area (Å²) in [6, 6.07) is 5.86. The molecule has 1 aromatic carbocycles. The van der Waals surface area contributed by atoms with Crippen LogP contribution >= 0.6 is 0 Å². The minimum Gasteiger partial charge on any atom is -0.373 e. The van der Waals surface area contributed by atoms with Gasteiger partial charge in [0.1, 0.15) is 0 Å². The smallest absolute Gasteiger partial charge is 0.254 e. The van der Waals surface area contributed by atoms with Crippen LogP contribution in [0.3, 0.4) is 0 Å². The Bertz CT molecular complexity index is 471. The predicted molar refractivity (Wildman–Crippen MR) is 75.2 cm³/mol. The molecule has 2 unspecified atom stereocenters. The molecule has 4 nitrogen and oxygen atoms in total. The van der Waals surface area contributed by atoms with E-state index < -0.39 is 0 Å². The van der Waals surface area contributed by atoms with E-state index in [0.717, 1.165) is 11.1 Å². The van der Waals surface area contributed by atoms with Gasteiger partial charge in [-0.15, -0.1) is 0 Å². The average molecular weight is 262 g/mol. The quantitative estimate of drug-likeness (QED) is 0.878. The topological polar surface area (TPSA) is 55.6 Å². The molecule has 1 aliphatic heterocycles. The average Bonchev–Trinajstić information content (AvgIpc) is 2.38. The highest BCUT2D eigenvalue weighted by Crippen LogP contribution is 2.16. The van der Waals surface area contributed by atoms with Crippen LogP contribution in [0.5, 0.6) is 0 Å². The van der Waals surface area contributed by atoms with E-state index >= 15 is 0 Å². The third kappa shape index (κ3) is 3.14. The van der Waals surface area contributed by atoms with Gasteiger partial charge in [0.25, 0.3) is 5.91 Å². The molecule has 0 bridgehead atoms. The van der Waals surface area contributed by atoms with Crippen molar-refractivity contribution in [1.82, 2.24) is 4.90 Å². The number of ether oxygens (including phenoxy) is 1. The molecule has 1 fully saturated rings. The van der Waals surface area contributed by atoms with Crippen LogP contribution in [0.4, 0.5) is 0 Å². The van der Waals surface area contributed by atoms with E-state index in [0.29, 0.717) is 19.7 Å². The summed E-state index contributed by atoms with van der Waals surface area (Å²) in [6.45, 7) is 7.68. The van der Waals surface area contributed by atoms with Gasteiger partial charge in [-0.25, -0.2) is 0 Å². The monoisotopic (exact) mass is 262 g/mol. The number of nitrogens with two attached hydrogens (primary N) is 1. The third-order valence-corrected chi connectivity index (χ3v) is 3.58. The highest BCUT2D eigenvalue weighted by atomic mass is 16.5. The van der Waals surface area contributed by atoms with Gasteiger partial charge in [-0.05, 0) is 32.4 Å². The Hall–Kier alpha value is -1.39. The van der Waals surface area contributed by atoms with E-state index in [4.69, 9.17) is 10.5 Å². The van der Waals surface area contributed by atoms with E-state index in [-0.39, 0.29) is 18.1 Å². The Morgan fingerprint density at radius 2 is 2.21 bits per heavy atom. The summed E-state index contributed by atoms with van der Waals surface area (Å²) in [5.41, 5.74) is 8.82. The van der Waals surface area contributed by atoms with Crippen molar-refractivity contribution in [1.29, 1.82) is 0 Å². The molecular weight excluding hydrogens is 240 g/mol. The summed E-state index contributed by atoms with van der Waals surface area (Å²) in [6.07, 6.45) is -0.0662. The zero-order valence-electron chi connectivity index (χ0n) is 11.8. The van der Waals surface area contributed by atoms with E-state index in [2.05, 4.69) is 0 Å². The third-order valence-electron chi connectivity index (χ3n) is 3.58. The van der Waals surface area contributed by atoms with E-state index in [9.17, 15) is 4.79 Å². The van der Waals surface area contributed by atoms with E-state index in [1.165, 1.54) is 5.56 Å². The van der Waals surface area contributed by atoms with Gasteiger partial charge in [0.05, 0.1) is 12.7 Å². The summed E-state index contributed by atoms with van der Waals surface area (Å²) in [7, 11) is 0. The number of carbonyl (C=O) groups is 1. The minimum absolute atomic E-state index is 0.0604. The fourth-order valence-electron chi connectivity index (χ4n) is 2.40. The number of morpholine rings is 1. The Morgan fingerprint density at radius 1 is 1.47 bits per heavy atom. The highest BCUT2D eigenvalue weighted by molar-refractivity contribution is 5.95. The maximum absolute atomic E-state index is 12.5. The van der Waals surface area contributed by atoms with Crippen molar-refractivity contribution in [3.63, 3.8) is 0 Å². The maximum Gasteiger partial charge on any atom is 0.254 e. The normalized spacial score (nSPS) is 21.3. The number of benzene rings is 1. The molecule has 0 aliphatic carbocycles. The first-order chi connectivity index (χ1) is 8.99. The fourth-order valence-corrected chi connectivity index (χ4v) is 2.40. The molecule has 1 aromatic rings. The van der Waals surface area contributed by atoms with Crippen molar-refractivity contribution in [3.05, 3.63) is 34.9 Å². The Balaban J connectivity index is 2.15. The summed E-state index contributed by atoms with van der Waals surface area (Å²) in [5.74, 6) is 0.0754. The lowest BCUT2D eigenvalue weighted by Gasteiger charge is -2.35. The highest BCUT2D eigenvalue weighted by Gasteiger charge is 2.27. The molecule has 2 N–H and O–H groups in total. The summed E-state index contributed by atoms with van der Waals surface area (Å²) in [5, 5.41) is 0. The predicted octanol–water partition coefficient (Wildman–Crippen LogP) is 1.49. The van der Waals surface area contributed by atoms with Gasteiger partial charge in [0.2, 0.25) is 0 Å². The second kappa shape index (κ2) is 5.72. The molecule has 1 aliphatic rings. The molecule has 0 aromatic heterocycles. The van der Waals surface area contributed by atoms with E-state index in [1.54, 1.807) is 0 Å². The first kappa shape index (κ1) is 14.0. The molecule has 0 saturated carbocycles. The maximum atomic E-state index is 12.5. The lowest BCUT2D eigenvalue weighted by molar-refractivity contribution is -0.0300. The SMILES string of the molecule is Cc1ccc(C(=O)N2CCOC(C(C)N)C2)c(C)c1. The molecule has 1 saturated heterocycles. The largest absolute Gasteiger partial charge is 0.373 e. The Morgan fingerprint density at radius 3 is 2.84 bits per heavy atom. The van der Waals surface area contributed by atoms with Crippen LogP contribution in [0, 0.1) is 13.8 Å². The molecule has 19 heavy (non-hydrogen) atoms. The van der Waals surface area contributed by atoms with Gasteiger partial charge >= 0.3 is 0 Å². The number of amides is 1. The van der Waals surface area contributed by atoms with Crippen LogP contribution < -0.4 is 5.73 Å². The summed E-state index contributed by atoms with van der Waals surface area (Å²) >= 11 is 0. The van der Waals surface area contributed by atoms with Crippen LogP contribution in [-0.4, -0.2) is 42.6 Å². The summed E-state index contributed by atoms with van der Waals surface area (Å²) < 4.78 is 5.59. The van der Waals surface area contributed by atoms with Gasteiger partial charge in [-0.1, -0.05) is 17.7 Å². The molecular formula is C15H22N2O2. The van der Waals surface area contributed by atoms with Gasteiger partial charge in [-0.2, -0.15) is 0 Å². The van der Waals surface area contributed by atoms with Crippen molar-refractivity contribution < 1.29 is 9.53 Å². The van der Waals surface area contributed by atoms with Gasteiger partial charge in [-0.3, -0.25) is 4.79 Å². The lowest BCUT2D eigenvalue weighted by Crippen LogP contribution is -2.51. The first-order valence-electron chi connectivity index (χ1n) is 6.72. The fraction of sp³-hybridized carbons (Fsp3) is 0.533. The second-order valence-electron chi connectivity index (χ2n) is 5.34. The van der Waals surface area contributed by atoms with Crippen LogP contribution in [0.15, 0.2) is 18.2 Å². The number of hydrogen-bond donors (Lipinski definition) is 1. The zero-order chi connectivity index (χ0) is 14.0. The van der Waals surface area contributed by atoms with Crippen LogP contribution in [-0.2, 0) is 4.74 Å². The Kier molecular flexibility index (Phi) is 4.22. The van der Waals surface area contributed by atoms with E-state index in [1.807, 2.05) is 43.9 Å². The van der Waals surface area contributed by atoms with Crippen molar-refractivity contribution in [2.24, 2.45) is 5.73 Å².